The Labute approximate surface area is 98.0 Å². The van der Waals surface area contributed by atoms with E-state index in [1.807, 2.05) is 7.05 Å². The van der Waals surface area contributed by atoms with Crippen molar-refractivity contribution in [3.8, 4) is 0 Å². The van der Waals surface area contributed by atoms with Crippen molar-refractivity contribution < 1.29 is 4.74 Å². The molecule has 17 heavy (non-hydrogen) atoms. The lowest BCUT2D eigenvalue weighted by molar-refractivity contribution is 0.195. The highest BCUT2D eigenvalue weighted by Crippen LogP contribution is 2.20. The average molecular weight is 234 g/mol. The number of aromatic nitrogens is 4. The number of ether oxygens (including phenoxy) is 1. The maximum atomic E-state index is 5.32. The zero-order valence-corrected chi connectivity index (χ0v) is 9.53. The molecule has 1 aliphatic heterocycles. The van der Waals surface area contributed by atoms with Gasteiger partial charge in [0.1, 0.15) is 11.8 Å². The molecule has 2 aromatic rings. The number of nitrogens with zero attached hydrogens (tertiary/aromatic N) is 3. The largest absolute Gasteiger partial charge is 0.379 e. The highest BCUT2D eigenvalue weighted by molar-refractivity contribution is 5.84. The molecule has 7 nitrogen and oxygen atoms in total. The summed E-state index contributed by atoms with van der Waals surface area (Å²) in [5.41, 5.74) is 1.48. The lowest BCUT2D eigenvalue weighted by Crippen LogP contribution is -2.19. The number of imidazole rings is 1. The van der Waals surface area contributed by atoms with Gasteiger partial charge in [-0.1, -0.05) is 0 Å². The normalized spacial score (nSPS) is 19.7. The third-order valence-electron chi connectivity index (χ3n) is 2.80. The van der Waals surface area contributed by atoms with E-state index in [1.54, 1.807) is 0 Å². The lowest BCUT2D eigenvalue weighted by atomic mass is 10.2. The van der Waals surface area contributed by atoms with Crippen molar-refractivity contribution in [3.63, 3.8) is 0 Å². The van der Waals surface area contributed by atoms with Crippen LogP contribution in [0, 0.1) is 0 Å². The standard InChI is InChI=1S/C10H14N6O/c1-11-10-15-7-8(12-5-13-9(7)16-10)14-6-2-3-17-4-6/h5-6H,2-4H2,1H3,(H3,11,12,13,14,15,16)/t6-/m1/s1. The van der Waals surface area contributed by atoms with Crippen LogP contribution in [0.25, 0.3) is 11.2 Å². The second kappa shape index (κ2) is 4.17. The van der Waals surface area contributed by atoms with E-state index >= 15 is 0 Å². The highest BCUT2D eigenvalue weighted by atomic mass is 16.5. The lowest BCUT2D eigenvalue weighted by Gasteiger charge is -2.10. The number of hydrogen-bond acceptors (Lipinski definition) is 6. The van der Waals surface area contributed by atoms with E-state index in [2.05, 4.69) is 30.6 Å². The molecule has 0 radical (unpaired) electrons. The Balaban J connectivity index is 1.94. The van der Waals surface area contributed by atoms with Crippen LogP contribution in [0.3, 0.4) is 0 Å². The summed E-state index contributed by atoms with van der Waals surface area (Å²) in [7, 11) is 1.81. The molecule has 7 heteroatoms. The number of hydrogen-bond donors (Lipinski definition) is 3. The van der Waals surface area contributed by atoms with Gasteiger partial charge in [-0.3, -0.25) is 0 Å². The first kappa shape index (κ1) is 10.3. The van der Waals surface area contributed by atoms with Crippen LogP contribution >= 0.6 is 0 Å². The van der Waals surface area contributed by atoms with E-state index < -0.39 is 0 Å². The van der Waals surface area contributed by atoms with Gasteiger partial charge in [-0.25, -0.2) is 9.97 Å². The van der Waals surface area contributed by atoms with Crippen molar-refractivity contribution in [3.05, 3.63) is 6.33 Å². The summed E-state index contributed by atoms with van der Waals surface area (Å²) >= 11 is 0. The van der Waals surface area contributed by atoms with Crippen LogP contribution in [-0.2, 0) is 4.74 Å². The summed E-state index contributed by atoms with van der Waals surface area (Å²) in [5, 5.41) is 6.30. The number of H-pyrrole nitrogens is 1. The second-order valence-corrected chi connectivity index (χ2v) is 3.96. The number of rotatable bonds is 3. The molecule has 0 unspecified atom stereocenters. The van der Waals surface area contributed by atoms with Gasteiger partial charge in [0, 0.05) is 13.7 Å². The number of aromatic amines is 1. The topological polar surface area (TPSA) is 87.8 Å². The zero-order chi connectivity index (χ0) is 11.7. The SMILES string of the molecule is CNc1nc2ncnc(N[C@@H]3CCOC3)c2[nH]1. The third-order valence-corrected chi connectivity index (χ3v) is 2.80. The van der Waals surface area contributed by atoms with E-state index in [9.17, 15) is 0 Å². The Kier molecular flexibility index (Phi) is 2.52. The van der Waals surface area contributed by atoms with E-state index in [-0.39, 0.29) is 0 Å². The van der Waals surface area contributed by atoms with Gasteiger partial charge in [0.15, 0.2) is 11.5 Å². The summed E-state index contributed by atoms with van der Waals surface area (Å²) in [6.07, 6.45) is 2.51. The van der Waals surface area contributed by atoms with Crippen molar-refractivity contribution in [1.29, 1.82) is 0 Å². The fraction of sp³-hybridized carbons (Fsp3) is 0.500. The summed E-state index contributed by atoms with van der Waals surface area (Å²) in [4.78, 5) is 15.8. The van der Waals surface area contributed by atoms with E-state index in [0.29, 0.717) is 17.6 Å². The van der Waals surface area contributed by atoms with Crippen LogP contribution < -0.4 is 10.6 Å². The number of nitrogens with one attached hydrogen (secondary N) is 3. The van der Waals surface area contributed by atoms with Crippen molar-refractivity contribution >= 4 is 22.9 Å². The third kappa shape index (κ3) is 1.89. The van der Waals surface area contributed by atoms with Crippen molar-refractivity contribution in [2.24, 2.45) is 0 Å². The molecule has 1 atom stereocenters. The van der Waals surface area contributed by atoms with Gasteiger partial charge in [-0.2, -0.15) is 4.98 Å². The molecule has 3 rings (SSSR count). The molecule has 0 amide bonds. The first-order valence-electron chi connectivity index (χ1n) is 5.59. The van der Waals surface area contributed by atoms with Gasteiger partial charge in [0.25, 0.3) is 0 Å². The molecule has 2 aromatic heterocycles. The predicted octanol–water partition coefficient (Wildman–Crippen LogP) is 0.595. The Morgan fingerprint density at radius 1 is 1.47 bits per heavy atom. The van der Waals surface area contributed by atoms with Gasteiger partial charge in [0.05, 0.1) is 12.6 Å². The minimum Gasteiger partial charge on any atom is -0.379 e. The molecule has 1 fully saturated rings. The first-order valence-corrected chi connectivity index (χ1v) is 5.59. The molecule has 0 aliphatic carbocycles. The molecule has 1 aliphatic rings. The van der Waals surface area contributed by atoms with Crippen molar-refractivity contribution in [1.82, 2.24) is 19.9 Å². The second-order valence-electron chi connectivity index (χ2n) is 3.96. The molecule has 3 N–H and O–H groups in total. The molecule has 0 bridgehead atoms. The van der Waals surface area contributed by atoms with E-state index in [0.717, 1.165) is 31.0 Å². The monoisotopic (exact) mass is 234 g/mol. The fourth-order valence-electron chi connectivity index (χ4n) is 1.90. The Morgan fingerprint density at radius 3 is 3.18 bits per heavy atom. The summed E-state index contributed by atoms with van der Waals surface area (Å²) in [6.45, 7) is 1.52. The van der Waals surface area contributed by atoms with E-state index in [4.69, 9.17) is 4.74 Å². The van der Waals surface area contributed by atoms with Gasteiger partial charge in [0.2, 0.25) is 5.95 Å². The van der Waals surface area contributed by atoms with Crippen LogP contribution in [0.15, 0.2) is 6.33 Å². The van der Waals surface area contributed by atoms with Crippen LogP contribution in [0.5, 0.6) is 0 Å². The molecular formula is C10H14N6O. The van der Waals surface area contributed by atoms with Gasteiger partial charge < -0.3 is 20.4 Å². The summed E-state index contributed by atoms with van der Waals surface area (Å²) < 4.78 is 5.32. The predicted molar refractivity (Wildman–Crippen MR) is 64.1 cm³/mol. The quantitative estimate of drug-likeness (QED) is 0.720. The maximum Gasteiger partial charge on any atom is 0.202 e. The molecule has 0 aromatic carbocycles. The number of anilines is 2. The molecule has 0 spiro atoms. The van der Waals surface area contributed by atoms with Crippen molar-refractivity contribution in [2.75, 3.05) is 30.9 Å². The number of fused-ring (bicyclic) bond motifs is 1. The van der Waals surface area contributed by atoms with E-state index in [1.165, 1.54) is 6.33 Å². The summed E-state index contributed by atoms with van der Waals surface area (Å²) in [5.74, 6) is 1.46. The van der Waals surface area contributed by atoms with Gasteiger partial charge in [-0.05, 0) is 6.42 Å². The smallest absolute Gasteiger partial charge is 0.202 e. The minimum atomic E-state index is 0.314. The molecule has 1 saturated heterocycles. The highest BCUT2D eigenvalue weighted by Gasteiger charge is 2.18. The summed E-state index contributed by atoms with van der Waals surface area (Å²) in [6, 6.07) is 0.314. The Morgan fingerprint density at radius 2 is 2.41 bits per heavy atom. The molecular weight excluding hydrogens is 220 g/mol. The van der Waals surface area contributed by atoms with Gasteiger partial charge >= 0.3 is 0 Å². The van der Waals surface area contributed by atoms with Gasteiger partial charge in [-0.15, -0.1) is 0 Å². The van der Waals surface area contributed by atoms with Crippen LogP contribution in [-0.4, -0.2) is 46.2 Å². The zero-order valence-electron chi connectivity index (χ0n) is 9.53. The van der Waals surface area contributed by atoms with Crippen LogP contribution in [0.4, 0.5) is 11.8 Å². The first-order chi connectivity index (χ1) is 8.36. The Bertz CT molecular complexity index is 518. The van der Waals surface area contributed by atoms with Crippen LogP contribution in [0.1, 0.15) is 6.42 Å². The fourth-order valence-corrected chi connectivity index (χ4v) is 1.90. The van der Waals surface area contributed by atoms with Crippen molar-refractivity contribution in [2.45, 2.75) is 12.5 Å². The molecule has 90 valence electrons. The average Bonchev–Trinajstić information content (AvgIpc) is 2.97. The molecule has 3 heterocycles. The minimum absolute atomic E-state index is 0.314. The van der Waals surface area contributed by atoms with Crippen LogP contribution in [0.2, 0.25) is 0 Å². The molecule has 0 saturated carbocycles. The Hall–Kier alpha value is -1.89. The maximum absolute atomic E-state index is 5.32.